The Morgan fingerprint density at radius 2 is 1.48 bits per heavy atom. The lowest BCUT2D eigenvalue weighted by Gasteiger charge is -2.35. The standard InChI is InChI=1S/C48H59N9O5/c1-36-46(47-49-42(38-14-7-5-8-15-38)34-44(57(47)51-36)54-26-22-53(23-27-54)30-31-58)39-16-10-13-37(32-39)12-6-3-2-4-9-20-52-24-28-55(29-25-52)45(60)35-62-41-18-11-17-40(33-41)56-21-19-43(59)50-48(56)61/h5,7-8,10-11,13-18,32-34,58H,2-4,6,9,12,19-31,35H2,1H3,(H,50,59,61). The van der Waals surface area contributed by atoms with Crippen LogP contribution in [0, 0.1) is 6.92 Å². The second kappa shape index (κ2) is 20.4. The summed E-state index contributed by atoms with van der Waals surface area (Å²) in [5.41, 5.74) is 8.05. The Bertz CT molecular complexity index is 2320. The summed E-state index contributed by atoms with van der Waals surface area (Å²) in [7, 11) is 0. The van der Waals surface area contributed by atoms with Crippen molar-refractivity contribution < 1.29 is 24.2 Å². The van der Waals surface area contributed by atoms with Gasteiger partial charge in [0.25, 0.3) is 5.91 Å². The summed E-state index contributed by atoms with van der Waals surface area (Å²) < 4.78 is 7.86. The molecule has 3 aliphatic rings. The van der Waals surface area contributed by atoms with Crippen LogP contribution in [-0.4, -0.2) is 137 Å². The number of β-amino-alcohol motifs (C(OH)–C–C–N with tert-alkyl or cyclic N) is 1. The third kappa shape index (κ3) is 10.4. The molecule has 5 heterocycles. The van der Waals surface area contributed by atoms with E-state index >= 15 is 0 Å². The molecule has 0 atom stereocenters. The van der Waals surface area contributed by atoms with Crippen molar-refractivity contribution in [3.8, 4) is 28.1 Å². The first-order valence-electron chi connectivity index (χ1n) is 22.3. The van der Waals surface area contributed by atoms with Gasteiger partial charge in [-0.2, -0.15) is 9.61 Å². The topological polar surface area (TPSA) is 139 Å². The van der Waals surface area contributed by atoms with Crippen LogP contribution in [0.1, 0.15) is 49.8 Å². The minimum Gasteiger partial charge on any atom is -0.484 e. The molecule has 0 unspecified atom stereocenters. The second-order valence-electron chi connectivity index (χ2n) is 16.6. The van der Waals surface area contributed by atoms with E-state index in [0.717, 1.165) is 105 Å². The van der Waals surface area contributed by atoms with Gasteiger partial charge in [0.2, 0.25) is 5.91 Å². The molecule has 14 heteroatoms. The minimum atomic E-state index is -0.450. The Hall–Kier alpha value is -5.83. The maximum absolute atomic E-state index is 13.0. The molecule has 3 aromatic carbocycles. The predicted octanol–water partition coefficient (Wildman–Crippen LogP) is 5.65. The molecule has 4 amide bonds. The van der Waals surface area contributed by atoms with E-state index in [1.165, 1.54) is 29.7 Å². The van der Waals surface area contributed by atoms with Gasteiger partial charge < -0.3 is 19.6 Å². The normalized spacial score (nSPS) is 16.6. The molecule has 3 saturated heterocycles. The largest absolute Gasteiger partial charge is 0.484 e. The molecule has 2 aromatic heterocycles. The van der Waals surface area contributed by atoms with E-state index in [1.54, 1.807) is 24.3 Å². The lowest BCUT2D eigenvalue weighted by Crippen LogP contribution is -2.50. The number of ether oxygens (including phenoxy) is 1. The summed E-state index contributed by atoms with van der Waals surface area (Å²) >= 11 is 0. The number of carbonyl (C=O) groups excluding carboxylic acids is 3. The number of benzene rings is 3. The van der Waals surface area contributed by atoms with Crippen LogP contribution < -0.4 is 19.9 Å². The Morgan fingerprint density at radius 1 is 0.758 bits per heavy atom. The average molecular weight is 842 g/mol. The molecule has 0 aliphatic carbocycles. The van der Waals surface area contributed by atoms with Crippen molar-refractivity contribution in [1.82, 2.24) is 34.6 Å². The first kappa shape index (κ1) is 42.8. The van der Waals surface area contributed by atoms with Crippen LogP contribution in [0.2, 0.25) is 0 Å². The number of aromatic nitrogens is 3. The summed E-state index contributed by atoms with van der Waals surface area (Å²) in [5.74, 6) is 1.24. The maximum atomic E-state index is 13.0. The van der Waals surface area contributed by atoms with Crippen LogP contribution in [0.3, 0.4) is 0 Å². The van der Waals surface area contributed by atoms with Crippen molar-refractivity contribution in [2.45, 2.75) is 51.9 Å². The number of aryl methyl sites for hydroxylation is 2. The summed E-state index contributed by atoms with van der Waals surface area (Å²) in [4.78, 5) is 52.5. The summed E-state index contributed by atoms with van der Waals surface area (Å²) in [6.45, 7) is 10.9. The van der Waals surface area contributed by atoms with E-state index in [9.17, 15) is 19.5 Å². The third-order valence-electron chi connectivity index (χ3n) is 12.4. The summed E-state index contributed by atoms with van der Waals surface area (Å²) in [6.07, 6.45) is 7.15. The Kier molecular flexibility index (Phi) is 14.1. The highest BCUT2D eigenvalue weighted by molar-refractivity contribution is 6.05. The molecule has 0 radical (unpaired) electrons. The number of aliphatic hydroxyl groups excluding tert-OH is 1. The third-order valence-corrected chi connectivity index (χ3v) is 12.4. The maximum Gasteiger partial charge on any atom is 0.328 e. The molecule has 0 bridgehead atoms. The molecule has 8 rings (SSSR count). The highest BCUT2D eigenvalue weighted by Gasteiger charge is 2.26. The predicted molar refractivity (Wildman–Crippen MR) is 242 cm³/mol. The van der Waals surface area contributed by atoms with Crippen LogP contribution in [0.15, 0.2) is 84.9 Å². The van der Waals surface area contributed by atoms with Gasteiger partial charge in [-0.25, -0.2) is 9.78 Å². The highest BCUT2D eigenvalue weighted by Crippen LogP contribution is 2.34. The fourth-order valence-electron chi connectivity index (χ4n) is 8.86. The van der Waals surface area contributed by atoms with Gasteiger partial charge in [-0.3, -0.25) is 29.6 Å². The van der Waals surface area contributed by atoms with Crippen molar-refractivity contribution in [3.63, 3.8) is 0 Å². The first-order chi connectivity index (χ1) is 30.3. The number of hydrogen-bond acceptors (Lipinski definition) is 10. The Balaban J connectivity index is 0.781. The van der Waals surface area contributed by atoms with E-state index in [1.807, 2.05) is 15.5 Å². The lowest BCUT2D eigenvalue weighted by atomic mass is 9.99. The molecule has 0 spiro atoms. The zero-order chi connectivity index (χ0) is 42.8. The van der Waals surface area contributed by atoms with Crippen LogP contribution in [-0.2, 0) is 16.0 Å². The number of hydrogen-bond donors (Lipinski definition) is 2. The number of unbranched alkanes of at least 4 members (excludes halogenated alkanes) is 4. The smallest absolute Gasteiger partial charge is 0.328 e. The van der Waals surface area contributed by atoms with Gasteiger partial charge in [0.15, 0.2) is 12.3 Å². The Labute approximate surface area is 364 Å². The van der Waals surface area contributed by atoms with Crippen molar-refractivity contribution >= 4 is 35.0 Å². The van der Waals surface area contributed by atoms with Crippen LogP contribution in [0.25, 0.3) is 28.0 Å². The number of anilines is 2. The van der Waals surface area contributed by atoms with Crippen molar-refractivity contribution in [2.75, 3.05) is 95.0 Å². The number of fused-ring (bicyclic) bond motifs is 1. The quantitative estimate of drug-likeness (QED) is 0.113. The number of urea groups is 1. The average Bonchev–Trinajstić information content (AvgIpc) is 3.64. The zero-order valence-corrected chi connectivity index (χ0v) is 35.9. The molecular weight excluding hydrogens is 783 g/mol. The summed E-state index contributed by atoms with van der Waals surface area (Å²) in [6, 6.07) is 28.1. The Morgan fingerprint density at radius 3 is 2.27 bits per heavy atom. The van der Waals surface area contributed by atoms with Gasteiger partial charge in [-0.15, -0.1) is 0 Å². The molecule has 14 nitrogen and oxygen atoms in total. The van der Waals surface area contributed by atoms with Crippen LogP contribution in [0.5, 0.6) is 5.75 Å². The van der Waals surface area contributed by atoms with Crippen molar-refractivity contribution in [1.29, 1.82) is 0 Å². The number of piperazine rings is 2. The first-order valence-corrected chi connectivity index (χ1v) is 22.3. The van der Waals surface area contributed by atoms with E-state index in [2.05, 4.69) is 81.5 Å². The fourth-order valence-corrected chi connectivity index (χ4v) is 8.86. The number of nitrogens with zero attached hydrogens (tertiary/aromatic N) is 8. The second-order valence-corrected chi connectivity index (χ2v) is 16.6. The van der Waals surface area contributed by atoms with Gasteiger partial charge in [0.1, 0.15) is 11.6 Å². The lowest BCUT2D eigenvalue weighted by molar-refractivity contribution is -0.135. The highest BCUT2D eigenvalue weighted by atomic mass is 16.5. The van der Waals surface area contributed by atoms with Gasteiger partial charge in [-0.1, -0.05) is 79.9 Å². The van der Waals surface area contributed by atoms with Gasteiger partial charge in [0, 0.05) is 101 Å². The SMILES string of the molecule is Cc1nn2c(N3CCN(CCO)CC3)cc(-c3ccccc3)nc2c1-c1cccc(CCCCCCCN2CCN(C(=O)COc3cccc(N4CCC(=O)NC4=O)c3)CC2)c1. The molecule has 5 aromatic rings. The number of amides is 4. The summed E-state index contributed by atoms with van der Waals surface area (Å²) in [5, 5.41) is 16.9. The van der Waals surface area contributed by atoms with E-state index in [4.69, 9.17) is 14.8 Å². The van der Waals surface area contributed by atoms with Crippen molar-refractivity contribution in [3.05, 3.63) is 96.2 Å². The number of aliphatic hydroxyl groups is 1. The monoisotopic (exact) mass is 841 g/mol. The molecule has 3 aliphatic heterocycles. The number of rotatable bonds is 17. The van der Waals surface area contributed by atoms with E-state index < -0.39 is 6.03 Å². The molecule has 0 saturated carbocycles. The zero-order valence-electron chi connectivity index (χ0n) is 35.9. The van der Waals surface area contributed by atoms with Gasteiger partial charge >= 0.3 is 6.03 Å². The number of carbonyl (C=O) groups is 3. The molecule has 326 valence electrons. The molecule has 62 heavy (non-hydrogen) atoms. The number of imide groups is 1. The molecule has 3 fully saturated rings. The van der Waals surface area contributed by atoms with Gasteiger partial charge in [0.05, 0.1) is 18.0 Å². The van der Waals surface area contributed by atoms with Crippen molar-refractivity contribution in [2.24, 2.45) is 0 Å². The van der Waals surface area contributed by atoms with E-state index in [0.29, 0.717) is 37.6 Å². The van der Waals surface area contributed by atoms with Crippen LogP contribution >= 0.6 is 0 Å². The molecular formula is C48H59N9O5. The fraction of sp³-hybridized carbons (Fsp3) is 0.438. The minimum absolute atomic E-state index is 0.0424. The number of nitrogens with one attached hydrogen (secondary N) is 1. The van der Waals surface area contributed by atoms with Crippen LogP contribution in [0.4, 0.5) is 16.3 Å². The molecule has 2 N–H and O–H groups in total. The van der Waals surface area contributed by atoms with Gasteiger partial charge in [-0.05, 0) is 56.0 Å². The van der Waals surface area contributed by atoms with E-state index in [-0.39, 0.29) is 31.4 Å².